The highest BCUT2D eigenvalue weighted by molar-refractivity contribution is 5.85. The van der Waals surface area contributed by atoms with Crippen LogP contribution in [0.25, 0.3) is 0 Å². The molecular weight excluding hydrogens is 366 g/mol. The minimum Gasteiger partial charge on any atom is -0.381 e. The van der Waals surface area contributed by atoms with E-state index in [1.54, 1.807) is 6.20 Å². The number of rotatable bonds is 7. The number of nitrogens with one attached hydrogen (secondary N) is 1. The van der Waals surface area contributed by atoms with Gasteiger partial charge in [-0.05, 0) is 57.3 Å². The van der Waals surface area contributed by atoms with Crippen LogP contribution in [0.1, 0.15) is 44.2 Å². The van der Waals surface area contributed by atoms with Crippen LogP contribution in [0.2, 0.25) is 0 Å². The lowest BCUT2D eigenvalue weighted by Gasteiger charge is -2.31. The Morgan fingerprint density at radius 3 is 2.85 bits per heavy atom. The first-order valence-electron chi connectivity index (χ1n) is 9.92. The molecule has 1 aromatic heterocycles. The zero-order valence-corrected chi connectivity index (χ0v) is 16.8. The van der Waals surface area contributed by atoms with Gasteiger partial charge in [0.05, 0.1) is 31.4 Å². The van der Waals surface area contributed by atoms with E-state index in [9.17, 15) is 4.79 Å². The Bertz CT molecular complexity index is 533. The van der Waals surface area contributed by atoms with Crippen molar-refractivity contribution in [1.82, 2.24) is 15.2 Å². The molecule has 0 radical (unpaired) electrons. The second-order valence-corrected chi connectivity index (χ2v) is 7.11. The lowest BCUT2D eigenvalue weighted by atomic mass is 10.1. The highest BCUT2D eigenvalue weighted by atomic mass is 35.5. The molecular formula is C20H32ClN3O3. The molecule has 2 aliphatic heterocycles. The normalized spacial score (nSPS) is 21.1. The minimum absolute atomic E-state index is 0. The van der Waals surface area contributed by atoms with Crippen LogP contribution < -0.4 is 5.32 Å². The van der Waals surface area contributed by atoms with Gasteiger partial charge in [0.15, 0.2) is 0 Å². The summed E-state index contributed by atoms with van der Waals surface area (Å²) in [6, 6.07) is 6.16. The highest BCUT2D eigenvalue weighted by Gasteiger charge is 2.25. The molecule has 3 heterocycles. The smallest absolute Gasteiger partial charge is 0.225 e. The molecule has 1 aromatic rings. The molecule has 2 aliphatic rings. The summed E-state index contributed by atoms with van der Waals surface area (Å²) in [5, 5.41) is 3.43. The summed E-state index contributed by atoms with van der Waals surface area (Å²) in [7, 11) is 0. The van der Waals surface area contributed by atoms with Gasteiger partial charge in [0.2, 0.25) is 5.91 Å². The van der Waals surface area contributed by atoms with E-state index in [0.717, 1.165) is 64.1 Å². The maximum atomic E-state index is 13.0. The highest BCUT2D eigenvalue weighted by Crippen LogP contribution is 2.18. The summed E-state index contributed by atoms with van der Waals surface area (Å²) < 4.78 is 11.3. The molecule has 0 spiro atoms. The van der Waals surface area contributed by atoms with Gasteiger partial charge in [-0.15, -0.1) is 12.4 Å². The Morgan fingerprint density at radius 1 is 1.22 bits per heavy atom. The van der Waals surface area contributed by atoms with Crippen LogP contribution >= 0.6 is 12.4 Å². The Kier molecular flexibility index (Phi) is 10.1. The van der Waals surface area contributed by atoms with E-state index in [-0.39, 0.29) is 30.5 Å². The monoisotopic (exact) mass is 397 g/mol. The predicted octanol–water partition coefficient (Wildman–Crippen LogP) is 2.56. The summed E-state index contributed by atoms with van der Waals surface area (Å²) >= 11 is 0. The molecule has 1 atom stereocenters. The van der Waals surface area contributed by atoms with Crippen molar-refractivity contribution < 1.29 is 14.3 Å². The van der Waals surface area contributed by atoms with Crippen molar-refractivity contribution in [3.63, 3.8) is 0 Å². The third kappa shape index (κ3) is 7.37. The molecule has 2 fully saturated rings. The van der Waals surface area contributed by atoms with Gasteiger partial charge in [0.25, 0.3) is 0 Å². The lowest BCUT2D eigenvalue weighted by molar-refractivity contribution is -0.136. The van der Waals surface area contributed by atoms with E-state index in [1.807, 2.05) is 23.1 Å². The van der Waals surface area contributed by atoms with Crippen molar-refractivity contribution in [2.75, 3.05) is 32.9 Å². The molecule has 3 rings (SSSR count). The Hall–Kier alpha value is -1.21. The number of halogens is 1. The summed E-state index contributed by atoms with van der Waals surface area (Å²) in [6.45, 7) is 4.61. The number of nitrogens with zero attached hydrogens (tertiary/aromatic N) is 2. The first-order valence-corrected chi connectivity index (χ1v) is 9.92. The summed E-state index contributed by atoms with van der Waals surface area (Å²) in [5.74, 6) is 0.176. The van der Waals surface area contributed by atoms with E-state index in [2.05, 4.69) is 10.3 Å². The van der Waals surface area contributed by atoms with Crippen LogP contribution in [0, 0.1) is 0 Å². The van der Waals surface area contributed by atoms with E-state index < -0.39 is 0 Å². The van der Waals surface area contributed by atoms with Gasteiger partial charge in [-0.3, -0.25) is 9.78 Å². The average molecular weight is 398 g/mol. The average Bonchev–Trinajstić information content (AvgIpc) is 2.97. The summed E-state index contributed by atoms with van der Waals surface area (Å²) in [5.41, 5.74) is 0.948. The SMILES string of the molecule is Cl.O=C(CCOC1CCOCC1)N(Cc1ccccn1)C1CCCNCC1. The van der Waals surface area contributed by atoms with Crippen LogP contribution in [-0.4, -0.2) is 60.8 Å². The Morgan fingerprint density at radius 2 is 2.07 bits per heavy atom. The van der Waals surface area contributed by atoms with Crippen molar-refractivity contribution in [2.24, 2.45) is 0 Å². The lowest BCUT2D eigenvalue weighted by Crippen LogP contribution is -2.41. The second-order valence-electron chi connectivity index (χ2n) is 7.11. The molecule has 0 aliphatic carbocycles. The number of aromatic nitrogens is 1. The predicted molar refractivity (Wildman–Crippen MR) is 107 cm³/mol. The number of amides is 1. The number of hydrogen-bond donors (Lipinski definition) is 1. The van der Waals surface area contributed by atoms with Gasteiger partial charge in [-0.25, -0.2) is 0 Å². The quantitative estimate of drug-likeness (QED) is 0.766. The van der Waals surface area contributed by atoms with Crippen LogP contribution in [0.3, 0.4) is 0 Å². The molecule has 1 amide bonds. The van der Waals surface area contributed by atoms with E-state index in [1.165, 1.54) is 0 Å². The minimum atomic E-state index is 0. The van der Waals surface area contributed by atoms with Crippen molar-refractivity contribution in [3.8, 4) is 0 Å². The maximum absolute atomic E-state index is 13.0. The molecule has 6 nitrogen and oxygen atoms in total. The zero-order chi connectivity index (χ0) is 18.0. The first kappa shape index (κ1) is 22.1. The fourth-order valence-electron chi connectivity index (χ4n) is 3.70. The maximum Gasteiger partial charge on any atom is 0.225 e. The molecule has 0 aromatic carbocycles. The van der Waals surface area contributed by atoms with E-state index in [4.69, 9.17) is 9.47 Å². The number of ether oxygens (including phenoxy) is 2. The standard InChI is InChI=1S/C20H31N3O3.ClH/c24-20(9-15-26-19-7-13-25-14-8-19)23(16-17-4-1-2-11-22-17)18-5-3-10-21-12-6-18;/h1-2,4,11,18-19,21H,3,5-10,12-16H2;1H. The van der Waals surface area contributed by atoms with Crippen LogP contribution in [0.15, 0.2) is 24.4 Å². The third-order valence-electron chi connectivity index (χ3n) is 5.20. The van der Waals surface area contributed by atoms with Crippen LogP contribution in [0.4, 0.5) is 0 Å². The Labute approximate surface area is 168 Å². The number of hydrogen-bond acceptors (Lipinski definition) is 5. The first-order chi connectivity index (χ1) is 12.8. The number of carbonyl (C=O) groups excluding carboxylic acids is 1. The van der Waals surface area contributed by atoms with Crippen LogP contribution in [0.5, 0.6) is 0 Å². The Balaban J connectivity index is 0.00000261. The van der Waals surface area contributed by atoms with Crippen molar-refractivity contribution in [3.05, 3.63) is 30.1 Å². The zero-order valence-electron chi connectivity index (χ0n) is 16.0. The number of pyridine rings is 1. The van der Waals surface area contributed by atoms with Gasteiger partial charge < -0.3 is 19.7 Å². The molecule has 0 saturated carbocycles. The van der Waals surface area contributed by atoms with Gasteiger partial charge in [0.1, 0.15) is 0 Å². The third-order valence-corrected chi connectivity index (χ3v) is 5.20. The fourth-order valence-corrected chi connectivity index (χ4v) is 3.70. The van der Waals surface area contributed by atoms with Gasteiger partial charge in [0, 0.05) is 25.5 Å². The summed E-state index contributed by atoms with van der Waals surface area (Å²) in [4.78, 5) is 19.4. The van der Waals surface area contributed by atoms with Gasteiger partial charge >= 0.3 is 0 Å². The van der Waals surface area contributed by atoms with Crippen molar-refractivity contribution in [1.29, 1.82) is 0 Å². The largest absolute Gasteiger partial charge is 0.381 e. The second kappa shape index (κ2) is 12.3. The molecule has 152 valence electrons. The topological polar surface area (TPSA) is 63.7 Å². The van der Waals surface area contributed by atoms with Gasteiger partial charge in [-0.2, -0.15) is 0 Å². The molecule has 0 bridgehead atoms. The van der Waals surface area contributed by atoms with Crippen molar-refractivity contribution >= 4 is 18.3 Å². The van der Waals surface area contributed by atoms with Crippen molar-refractivity contribution in [2.45, 2.75) is 57.2 Å². The van der Waals surface area contributed by atoms with Gasteiger partial charge in [-0.1, -0.05) is 6.07 Å². The molecule has 27 heavy (non-hydrogen) atoms. The molecule has 1 N–H and O–H groups in total. The molecule has 1 unspecified atom stereocenters. The van der Waals surface area contributed by atoms with Crippen LogP contribution in [-0.2, 0) is 20.8 Å². The van der Waals surface area contributed by atoms with E-state index in [0.29, 0.717) is 19.6 Å². The molecule has 7 heteroatoms. The fraction of sp³-hybridized carbons (Fsp3) is 0.700. The number of carbonyl (C=O) groups is 1. The van der Waals surface area contributed by atoms with E-state index >= 15 is 0 Å². The molecule has 2 saturated heterocycles. The summed E-state index contributed by atoms with van der Waals surface area (Å²) in [6.07, 6.45) is 7.49.